The lowest BCUT2D eigenvalue weighted by molar-refractivity contribution is 0.0925. The van der Waals surface area contributed by atoms with Gasteiger partial charge in [0, 0.05) is 40.7 Å². The first-order valence-corrected chi connectivity index (χ1v) is 11.8. The third-order valence-corrected chi connectivity index (χ3v) is 7.08. The first-order chi connectivity index (χ1) is 17.0. The number of ether oxygens (including phenoxy) is 3. The monoisotopic (exact) mass is 490 g/mol. The maximum Gasteiger partial charge on any atom is 0.231 e. The van der Waals surface area contributed by atoms with Crippen molar-refractivity contribution >= 4 is 28.3 Å². The number of methoxy groups -OCH3 is 1. The molecular weight excluding hydrogens is 468 g/mol. The van der Waals surface area contributed by atoms with Crippen molar-refractivity contribution < 1.29 is 23.5 Å². The zero-order valence-electron chi connectivity index (χ0n) is 19.3. The van der Waals surface area contributed by atoms with E-state index in [4.69, 9.17) is 30.3 Å². The minimum absolute atomic E-state index is 0.0274. The first-order valence-electron chi connectivity index (χ1n) is 11.4. The highest BCUT2D eigenvalue weighted by Gasteiger charge is 2.35. The fourth-order valence-corrected chi connectivity index (χ4v) is 5.13. The normalized spacial score (nSPS) is 16.9. The van der Waals surface area contributed by atoms with Crippen LogP contribution in [-0.4, -0.2) is 43.3 Å². The molecule has 0 saturated carbocycles. The van der Waals surface area contributed by atoms with Gasteiger partial charge < -0.3 is 18.7 Å². The number of hydrogen-bond donors (Lipinski definition) is 0. The third kappa shape index (κ3) is 3.72. The van der Waals surface area contributed by atoms with E-state index in [-0.39, 0.29) is 18.6 Å². The Kier molecular flexibility index (Phi) is 5.39. The maximum absolute atomic E-state index is 13.6. The molecule has 4 aromatic rings. The summed E-state index contributed by atoms with van der Waals surface area (Å²) in [6.07, 6.45) is 1.15. The number of halogens is 1. The van der Waals surface area contributed by atoms with Crippen LogP contribution in [0, 0.1) is 0 Å². The zero-order chi connectivity index (χ0) is 24.1. The Bertz CT molecular complexity index is 1450. The number of hydrogen-bond acceptors (Lipinski definition) is 7. The second-order valence-corrected chi connectivity index (χ2v) is 9.28. The van der Waals surface area contributed by atoms with Crippen molar-refractivity contribution in [2.24, 2.45) is 0 Å². The van der Waals surface area contributed by atoms with E-state index in [2.05, 4.69) is 10.1 Å². The highest BCUT2D eigenvalue weighted by Crippen LogP contribution is 2.50. The number of ketones is 1. The van der Waals surface area contributed by atoms with Gasteiger partial charge in [-0.2, -0.15) is 0 Å². The molecule has 2 aliphatic heterocycles. The number of benzene rings is 3. The van der Waals surface area contributed by atoms with Crippen LogP contribution in [0.1, 0.15) is 33.9 Å². The standard InChI is InChI=1S/C27H23ClN2O5/c1-30-10-9-17-12-23-26(34-14-33-23)27(32-2)24(17)21(30)13-22(31)16-5-8-20-19(11-16)25(35-29-20)15-3-6-18(28)7-4-15/h3-8,11-12,21H,9-10,13-14H2,1-2H3/t21-/m0/s1. The van der Waals surface area contributed by atoms with Gasteiger partial charge in [0.15, 0.2) is 23.0 Å². The first kappa shape index (κ1) is 21.9. The summed E-state index contributed by atoms with van der Waals surface area (Å²) in [6.45, 7) is 1.00. The lowest BCUT2D eigenvalue weighted by Gasteiger charge is -2.35. The third-order valence-electron chi connectivity index (χ3n) is 6.83. The van der Waals surface area contributed by atoms with Crippen LogP contribution in [0.3, 0.4) is 0 Å². The molecule has 7 nitrogen and oxygen atoms in total. The molecule has 6 rings (SSSR count). The predicted molar refractivity (Wildman–Crippen MR) is 132 cm³/mol. The molecule has 1 aromatic heterocycles. The fraction of sp³-hybridized carbons (Fsp3) is 0.259. The fourth-order valence-electron chi connectivity index (χ4n) is 5.00. The molecule has 178 valence electrons. The lowest BCUT2D eigenvalue weighted by Crippen LogP contribution is -2.34. The summed E-state index contributed by atoms with van der Waals surface area (Å²) in [5, 5.41) is 5.59. The minimum atomic E-state index is -0.149. The van der Waals surface area contributed by atoms with E-state index >= 15 is 0 Å². The number of Topliss-reactive ketones (excluding diaryl/α,β-unsaturated/α-hetero) is 1. The van der Waals surface area contributed by atoms with Crippen molar-refractivity contribution in [3.63, 3.8) is 0 Å². The smallest absolute Gasteiger partial charge is 0.231 e. The Morgan fingerprint density at radius 1 is 1.17 bits per heavy atom. The summed E-state index contributed by atoms with van der Waals surface area (Å²) in [7, 11) is 3.66. The summed E-state index contributed by atoms with van der Waals surface area (Å²) >= 11 is 6.03. The molecule has 0 bridgehead atoms. The molecule has 0 aliphatic carbocycles. The van der Waals surface area contributed by atoms with Gasteiger partial charge >= 0.3 is 0 Å². The number of carbonyl (C=O) groups excluding carboxylic acids is 1. The highest BCUT2D eigenvalue weighted by molar-refractivity contribution is 6.30. The van der Waals surface area contributed by atoms with Crippen molar-refractivity contribution in [1.82, 2.24) is 10.1 Å². The van der Waals surface area contributed by atoms with Crippen LogP contribution >= 0.6 is 11.6 Å². The largest absolute Gasteiger partial charge is 0.492 e. The van der Waals surface area contributed by atoms with Crippen LogP contribution in [0.15, 0.2) is 53.1 Å². The van der Waals surface area contributed by atoms with Crippen molar-refractivity contribution in [3.8, 4) is 28.6 Å². The van der Waals surface area contributed by atoms with E-state index in [0.717, 1.165) is 35.0 Å². The Morgan fingerprint density at radius 3 is 2.80 bits per heavy atom. The quantitative estimate of drug-likeness (QED) is 0.333. The van der Waals surface area contributed by atoms with Gasteiger partial charge in [0.2, 0.25) is 12.5 Å². The molecule has 0 unspecified atom stereocenters. The van der Waals surface area contributed by atoms with Gasteiger partial charge in [0.25, 0.3) is 0 Å². The van der Waals surface area contributed by atoms with Gasteiger partial charge in [0.1, 0.15) is 5.52 Å². The van der Waals surface area contributed by atoms with Crippen LogP contribution in [0.2, 0.25) is 5.02 Å². The van der Waals surface area contributed by atoms with Crippen LogP contribution in [0.25, 0.3) is 22.2 Å². The molecule has 8 heteroatoms. The molecule has 0 N–H and O–H groups in total. The van der Waals surface area contributed by atoms with Crippen LogP contribution in [0.4, 0.5) is 0 Å². The predicted octanol–water partition coefficient (Wildman–Crippen LogP) is 5.69. The molecule has 3 heterocycles. The minimum Gasteiger partial charge on any atom is -0.492 e. The summed E-state index contributed by atoms with van der Waals surface area (Å²) in [4.78, 5) is 15.8. The summed E-state index contributed by atoms with van der Waals surface area (Å²) in [5.74, 6) is 2.60. The highest BCUT2D eigenvalue weighted by atomic mass is 35.5. The number of carbonyl (C=O) groups is 1. The number of nitrogens with zero attached hydrogens (tertiary/aromatic N) is 2. The van der Waals surface area contributed by atoms with Crippen LogP contribution in [0.5, 0.6) is 17.2 Å². The number of fused-ring (bicyclic) bond motifs is 3. The molecule has 0 saturated heterocycles. The summed E-state index contributed by atoms with van der Waals surface area (Å²) in [5.41, 5.74) is 4.27. The van der Waals surface area contributed by atoms with Crippen molar-refractivity contribution in [3.05, 3.63) is 70.2 Å². The molecule has 0 radical (unpaired) electrons. The zero-order valence-corrected chi connectivity index (χ0v) is 20.1. The second-order valence-electron chi connectivity index (χ2n) is 8.84. The SMILES string of the molecule is COc1c2c(cc3c1[C@H](CC(=O)c1ccc4noc(-c5ccc(Cl)cc5)c4c1)N(C)CC3)OCO2. The molecule has 0 fully saturated rings. The molecule has 0 amide bonds. The molecular formula is C27H23ClN2O5. The van der Waals surface area contributed by atoms with E-state index in [0.29, 0.717) is 45.5 Å². The van der Waals surface area contributed by atoms with E-state index in [9.17, 15) is 4.79 Å². The average Bonchev–Trinajstić information content (AvgIpc) is 3.51. The Morgan fingerprint density at radius 2 is 2.00 bits per heavy atom. The van der Waals surface area contributed by atoms with E-state index < -0.39 is 0 Å². The number of rotatable bonds is 5. The lowest BCUT2D eigenvalue weighted by atomic mass is 9.87. The van der Waals surface area contributed by atoms with Gasteiger partial charge in [-0.25, -0.2) is 0 Å². The van der Waals surface area contributed by atoms with Gasteiger partial charge in [-0.3, -0.25) is 9.69 Å². The van der Waals surface area contributed by atoms with Gasteiger partial charge in [-0.1, -0.05) is 16.8 Å². The maximum atomic E-state index is 13.6. The van der Waals surface area contributed by atoms with Gasteiger partial charge in [-0.05, 0) is 67.6 Å². The van der Waals surface area contributed by atoms with Crippen LogP contribution < -0.4 is 14.2 Å². The Hall–Kier alpha value is -3.55. The molecule has 35 heavy (non-hydrogen) atoms. The summed E-state index contributed by atoms with van der Waals surface area (Å²) in [6, 6.07) is 14.7. The van der Waals surface area contributed by atoms with E-state index in [1.807, 2.05) is 37.4 Å². The Balaban J connectivity index is 1.36. The van der Waals surface area contributed by atoms with Crippen molar-refractivity contribution in [2.45, 2.75) is 18.9 Å². The van der Waals surface area contributed by atoms with E-state index in [1.54, 1.807) is 25.3 Å². The summed E-state index contributed by atoms with van der Waals surface area (Å²) < 4.78 is 22.7. The molecule has 3 aromatic carbocycles. The van der Waals surface area contributed by atoms with Crippen molar-refractivity contribution in [1.29, 1.82) is 0 Å². The molecule has 0 spiro atoms. The topological polar surface area (TPSA) is 74.0 Å². The van der Waals surface area contributed by atoms with Crippen molar-refractivity contribution in [2.75, 3.05) is 27.5 Å². The van der Waals surface area contributed by atoms with E-state index in [1.165, 1.54) is 0 Å². The average molecular weight is 491 g/mol. The van der Waals surface area contributed by atoms with Crippen LogP contribution in [-0.2, 0) is 6.42 Å². The number of likely N-dealkylation sites (N-methyl/N-ethyl adjacent to an activating group) is 1. The van der Waals surface area contributed by atoms with Gasteiger partial charge in [0.05, 0.1) is 12.5 Å². The van der Waals surface area contributed by atoms with Gasteiger partial charge in [-0.15, -0.1) is 0 Å². The molecule has 2 aliphatic rings. The second kappa shape index (κ2) is 8.59. The molecule has 1 atom stereocenters. The number of aromatic nitrogens is 1. The Labute approximate surface area is 207 Å².